The predicted molar refractivity (Wildman–Crippen MR) is 47.5 cm³/mol. The molecule has 0 saturated heterocycles. The summed E-state index contributed by atoms with van der Waals surface area (Å²) >= 11 is 5.72. The van der Waals surface area contributed by atoms with Gasteiger partial charge in [0, 0.05) is 6.20 Å². The van der Waals surface area contributed by atoms with Crippen molar-refractivity contribution in [3.8, 4) is 5.75 Å². The quantitative estimate of drug-likeness (QED) is 0.614. The van der Waals surface area contributed by atoms with E-state index in [1.54, 1.807) is 6.07 Å². The molecule has 2 aromatic rings. The minimum absolute atomic E-state index is 0.135. The first-order valence-corrected chi connectivity index (χ1v) is 3.89. The third-order valence-corrected chi connectivity index (χ3v) is 1.97. The van der Waals surface area contributed by atoms with Crippen molar-refractivity contribution in [2.75, 3.05) is 0 Å². The number of nitrogens with zero attached hydrogens (tertiary/aromatic N) is 1. The Balaban J connectivity index is 2.92. The first-order valence-electron chi connectivity index (χ1n) is 3.51. The summed E-state index contributed by atoms with van der Waals surface area (Å²) in [6.45, 7) is 1.91. The van der Waals surface area contributed by atoms with Gasteiger partial charge >= 0.3 is 0 Å². The number of hydrogen-bond acceptors (Lipinski definition) is 2. The molecule has 0 atom stereocenters. The zero-order valence-corrected chi connectivity index (χ0v) is 7.18. The van der Waals surface area contributed by atoms with Gasteiger partial charge in [-0.3, -0.25) is 0 Å². The minimum atomic E-state index is 0.135. The second-order valence-electron chi connectivity index (χ2n) is 2.66. The van der Waals surface area contributed by atoms with E-state index < -0.39 is 0 Å². The van der Waals surface area contributed by atoms with Gasteiger partial charge in [-0.1, -0.05) is 11.6 Å². The van der Waals surface area contributed by atoms with Gasteiger partial charge in [0.2, 0.25) is 0 Å². The van der Waals surface area contributed by atoms with Crippen molar-refractivity contribution in [1.29, 1.82) is 0 Å². The van der Waals surface area contributed by atoms with Crippen molar-refractivity contribution in [3.05, 3.63) is 23.0 Å². The molecule has 3 nitrogen and oxygen atoms in total. The van der Waals surface area contributed by atoms with E-state index in [0.717, 1.165) is 11.1 Å². The summed E-state index contributed by atoms with van der Waals surface area (Å²) in [5.41, 5.74) is 2.34. The molecule has 0 radical (unpaired) electrons. The van der Waals surface area contributed by atoms with Gasteiger partial charge in [-0.05, 0) is 18.6 Å². The molecule has 0 spiro atoms. The maximum absolute atomic E-state index is 9.31. The minimum Gasteiger partial charge on any atom is -0.504 e. The molecule has 0 fully saturated rings. The van der Waals surface area contributed by atoms with Crippen LogP contribution in [0, 0.1) is 6.92 Å². The molecule has 0 unspecified atom stereocenters. The Morgan fingerprint density at radius 3 is 3.08 bits per heavy atom. The Kier molecular flexibility index (Phi) is 1.48. The zero-order valence-electron chi connectivity index (χ0n) is 6.43. The van der Waals surface area contributed by atoms with Crippen LogP contribution in [-0.4, -0.2) is 15.1 Å². The van der Waals surface area contributed by atoms with E-state index >= 15 is 0 Å². The highest BCUT2D eigenvalue weighted by Gasteiger charge is 2.06. The fourth-order valence-corrected chi connectivity index (χ4v) is 1.46. The number of nitrogens with one attached hydrogen (secondary N) is 1. The lowest BCUT2D eigenvalue weighted by Gasteiger charge is -1.96. The van der Waals surface area contributed by atoms with Crippen molar-refractivity contribution in [2.45, 2.75) is 6.92 Å². The van der Waals surface area contributed by atoms with Crippen molar-refractivity contribution >= 4 is 22.6 Å². The fourth-order valence-electron chi connectivity index (χ4n) is 1.21. The number of aryl methyl sites for hydroxylation is 1. The molecule has 0 aliphatic carbocycles. The third kappa shape index (κ3) is 0.940. The average Bonchev–Trinajstić information content (AvgIpc) is 2.33. The van der Waals surface area contributed by atoms with Crippen LogP contribution in [0.25, 0.3) is 11.0 Å². The molecule has 12 heavy (non-hydrogen) atoms. The van der Waals surface area contributed by atoms with Crippen molar-refractivity contribution in [1.82, 2.24) is 9.97 Å². The predicted octanol–water partition coefficient (Wildman–Crippen LogP) is 2.23. The Morgan fingerprint density at radius 1 is 1.58 bits per heavy atom. The Morgan fingerprint density at radius 2 is 2.33 bits per heavy atom. The van der Waals surface area contributed by atoms with Crippen LogP contribution < -0.4 is 0 Å². The summed E-state index contributed by atoms with van der Waals surface area (Å²) in [6, 6.07) is 1.75. The van der Waals surface area contributed by atoms with Gasteiger partial charge in [-0.25, -0.2) is 4.98 Å². The second-order valence-corrected chi connectivity index (χ2v) is 3.05. The van der Waals surface area contributed by atoms with Crippen LogP contribution in [0.1, 0.15) is 5.56 Å². The molecule has 0 saturated carbocycles. The van der Waals surface area contributed by atoms with Crippen molar-refractivity contribution < 1.29 is 5.11 Å². The molecule has 2 heterocycles. The average molecular weight is 183 g/mol. The van der Waals surface area contributed by atoms with Gasteiger partial charge in [-0.2, -0.15) is 0 Å². The largest absolute Gasteiger partial charge is 0.504 e. The van der Waals surface area contributed by atoms with E-state index in [2.05, 4.69) is 9.97 Å². The Bertz CT molecular complexity index is 436. The van der Waals surface area contributed by atoms with E-state index in [0.29, 0.717) is 10.7 Å². The first-order chi connectivity index (χ1) is 5.68. The lowest BCUT2D eigenvalue weighted by Crippen LogP contribution is -1.81. The molecule has 0 aliphatic heterocycles. The molecule has 0 aromatic carbocycles. The van der Waals surface area contributed by atoms with Gasteiger partial charge in [0.15, 0.2) is 5.75 Å². The molecule has 4 heteroatoms. The summed E-state index contributed by atoms with van der Waals surface area (Å²) in [4.78, 5) is 6.89. The van der Waals surface area contributed by atoms with Crippen LogP contribution in [0.5, 0.6) is 5.75 Å². The lowest BCUT2D eigenvalue weighted by atomic mass is 10.2. The smallest absolute Gasteiger partial charge is 0.159 e. The Labute approximate surface area is 74.0 Å². The number of pyridine rings is 1. The molecular formula is C8H7ClN2O. The van der Waals surface area contributed by atoms with Gasteiger partial charge in [-0.15, -0.1) is 0 Å². The summed E-state index contributed by atoms with van der Waals surface area (Å²) in [5, 5.41) is 9.71. The number of halogens is 1. The normalized spacial score (nSPS) is 10.8. The number of aromatic amines is 1. The number of hydrogen-bond donors (Lipinski definition) is 2. The van der Waals surface area contributed by atoms with Gasteiger partial charge in [0.1, 0.15) is 10.7 Å². The second kappa shape index (κ2) is 2.38. The summed E-state index contributed by atoms with van der Waals surface area (Å²) in [5.74, 6) is 0.135. The lowest BCUT2D eigenvalue weighted by molar-refractivity contribution is 0.480. The maximum atomic E-state index is 9.31. The van der Waals surface area contributed by atoms with E-state index in [9.17, 15) is 5.11 Å². The Hall–Kier alpha value is -1.22. The highest BCUT2D eigenvalue weighted by Crippen LogP contribution is 2.26. The zero-order chi connectivity index (χ0) is 8.72. The monoisotopic (exact) mass is 182 g/mol. The summed E-state index contributed by atoms with van der Waals surface area (Å²) in [6.07, 6.45) is 1.50. The topological polar surface area (TPSA) is 48.9 Å². The summed E-state index contributed by atoms with van der Waals surface area (Å²) in [7, 11) is 0. The van der Waals surface area contributed by atoms with Crippen LogP contribution in [0.2, 0.25) is 5.15 Å². The standard InChI is InChI=1S/C8H7ClN2O/c1-4-2-6(9)11-8-5(12)3-10-7(4)8/h2-3,10,12H,1H3. The maximum Gasteiger partial charge on any atom is 0.159 e. The van der Waals surface area contributed by atoms with E-state index in [1.165, 1.54) is 6.20 Å². The number of aromatic nitrogens is 2. The third-order valence-electron chi connectivity index (χ3n) is 1.78. The van der Waals surface area contributed by atoms with Gasteiger partial charge in [0.05, 0.1) is 5.52 Å². The molecule has 2 rings (SSSR count). The van der Waals surface area contributed by atoms with E-state index in [-0.39, 0.29) is 5.75 Å². The van der Waals surface area contributed by atoms with Crippen molar-refractivity contribution in [2.24, 2.45) is 0 Å². The van der Waals surface area contributed by atoms with Crippen LogP contribution in [0.3, 0.4) is 0 Å². The fraction of sp³-hybridized carbons (Fsp3) is 0.125. The molecule has 62 valence electrons. The van der Waals surface area contributed by atoms with E-state index in [4.69, 9.17) is 11.6 Å². The number of rotatable bonds is 0. The highest BCUT2D eigenvalue weighted by molar-refractivity contribution is 6.30. The van der Waals surface area contributed by atoms with Crippen LogP contribution >= 0.6 is 11.6 Å². The number of H-pyrrole nitrogens is 1. The molecule has 2 aromatic heterocycles. The molecule has 0 bridgehead atoms. The van der Waals surface area contributed by atoms with E-state index in [1.807, 2.05) is 6.92 Å². The number of fused-ring (bicyclic) bond motifs is 1. The molecule has 0 aliphatic rings. The number of aromatic hydroxyl groups is 1. The molecule has 2 N–H and O–H groups in total. The van der Waals surface area contributed by atoms with Crippen molar-refractivity contribution in [3.63, 3.8) is 0 Å². The van der Waals surface area contributed by atoms with Crippen LogP contribution in [0.4, 0.5) is 0 Å². The van der Waals surface area contributed by atoms with Gasteiger partial charge in [0.25, 0.3) is 0 Å². The van der Waals surface area contributed by atoms with Gasteiger partial charge < -0.3 is 10.1 Å². The highest BCUT2D eigenvalue weighted by atomic mass is 35.5. The molecule has 0 amide bonds. The van der Waals surface area contributed by atoms with Crippen LogP contribution in [0.15, 0.2) is 12.3 Å². The summed E-state index contributed by atoms with van der Waals surface area (Å²) < 4.78 is 0. The molecular weight excluding hydrogens is 176 g/mol. The first kappa shape index (κ1) is 7.43. The van der Waals surface area contributed by atoms with Crippen LogP contribution in [-0.2, 0) is 0 Å². The SMILES string of the molecule is Cc1cc(Cl)nc2c(O)c[nH]c12.